The first kappa shape index (κ1) is 13.5. The second-order valence-electron chi connectivity index (χ2n) is 5.90. The zero-order chi connectivity index (χ0) is 14.9. The predicted octanol–water partition coefficient (Wildman–Crippen LogP) is 4.20. The lowest BCUT2D eigenvalue weighted by Gasteiger charge is -2.36. The fourth-order valence-corrected chi connectivity index (χ4v) is 3.64. The fraction of sp³-hybridized carbons (Fsp3) is 0.250. The highest BCUT2D eigenvalue weighted by atomic mass is 15.2. The van der Waals surface area contributed by atoms with Crippen LogP contribution >= 0.6 is 0 Å². The van der Waals surface area contributed by atoms with Crippen LogP contribution in [0.1, 0.15) is 29.8 Å². The van der Waals surface area contributed by atoms with Gasteiger partial charge in [0.25, 0.3) is 0 Å². The molecule has 0 fully saturated rings. The molecular weight excluding hydrogens is 268 g/mol. The number of pyridine rings is 1. The molecule has 3 aromatic rings. The minimum Gasteiger partial charge on any atom is -0.291 e. The van der Waals surface area contributed by atoms with Crippen molar-refractivity contribution >= 4 is 10.8 Å². The van der Waals surface area contributed by atoms with Crippen LogP contribution < -0.4 is 0 Å². The molecule has 2 nitrogen and oxygen atoms in total. The first-order chi connectivity index (χ1) is 10.9. The van der Waals surface area contributed by atoms with E-state index in [2.05, 4.69) is 66.4 Å². The van der Waals surface area contributed by atoms with Gasteiger partial charge < -0.3 is 0 Å². The Labute approximate surface area is 131 Å². The molecule has 1 aliphatic heterocycles. The van der Waals surface area contributed by atoms with Gasteiger partial charge in [0.1, 0.15) is 0 Å². The summed E-state index contributed by atoms with van der Waals surface area (Å²) in [6.07, 6.45) is 3.08. The molecule has 0 unspecified atom stereocenters. The van der Waals surface area contributed by atoms with E-state index in [1.54, 1.807) is 0 Å². The van der Waals surface area contributed by atoms with Gasteiger partial charge in [-0.2, -0.15) is 0 Å². The second-order valence-corrected chi connectivity index (χ2v) is 5.90. The second kappa shape index (κ2) is 5.54. The minimum atomic E-state index is 0.265. The molecule has 0 saturated carbocycles. The van der Waals surface area contributed by atoms with Gasteiger partial charge in [-0.25, -0.2) is 0 Å². The summed E-state index contributed by atoms with van der Waals surface area (Å²) in [5.41, 5.74) is 4.07. The summed E-state index contributed by atoms with van der Waals surface area (Å²) in [6, 6.07) is 19.8. The van der Waals surface area contributed by atoms with Crippen LogP contribution in [0.2, 0.25) is 0 Å². The van der Waals surface area contributed by atoms with E-state index in [-0.39, 0.29) is 6.04 Å². The largest absolute Gasteiger partial charge is 0.291 e. The van der Waals surface area contributed by atoms with Gasteiger partial charge >= 0.3 is 0 Å². The monoisotopic (exact) mass is 288 g/mol. The van der Waals surface area contributed by atoms with Crippen molar-refractivity contribution in [2.75, 3.05) is 13.1 Å². The third kappa shape index (κ3) is 2.11. The maximum atomic E-state index is 4.79. The van der Waals surface area contributed by atoms with Crippen molar-refractivity contribution in [2.45, 2.75) is 19.4 Å². The SMILES string of the molecule is CCN1CCc2ccccc2[C@@H]1c1nccc2ccccc12. The van der Waals surface area contributed by atoms with Crippen molar-refractivity contribution in [1.29, 1.82) is 0 Å². The molecule has 2 heterocycles. The summed E-state index contributed by atoms with van der Waals surface area (Å²) in [5, 5.41) is 2.54. The van der Waals surface area contributed by atoms with Gasteiger partial charge in [0, 0.05) is 18.1 Å². The molecule has 2 heteroatoms. The zero-order valence-electron chi connectivity index (χ0n) is 12.9. The van der Waals surface area contributed by atoms with Gasteiger partial charge in [-0.1, -0.05) is 55.5 Å². The first-order valence-corrected chi connectivity index (χ1v) is 8.04. The number of likely N-dealkylation sites (N-methyl/N-ethyl adjacent to an activating group) is 1. The standard InChI is InChI=1S/C20H20N2/c1-2-22-14-12-16-8-4-6-10-18(16)20(22)19-17-9-5-3-7-15(17)11-13-21-19/h3-11,13,20H,2,12,14H2,1H3/t20-/m1/s1. The Morgan fingerprint density at radius 2 is 1.86 bits per heavy atom. The van der Waals surface area contributed by atoms with E-state index in [1.807, 2.05) is 6.20 Å². The molecule has 0 saturated heterocycles. The summed E-state index contributed by atoms with van der Waals surface area (Å²) >= 11 is 0. The molecule has 0 amide bonds. The van der Waals surface area contributed by atoms with Gasteiger partial charge in [0.05, 0.1) is 11.7 Å². The number of benzene rings is 2. The molecule has 2 aromatic carbocycles. The highest BCUT2D eigenvalue weighted by Gasteiger charge is 2.29. The van der Waals surface area contributed by atoms with E-state index in [0.717, 1.165) is 19.5 Å². The van der Waals surface area contributed by atoms with Crippen LogP contribution in [0.25, 0.3) is 10.8 Å². The van der Waals surface area contributed by atoms with Crippen molar-refractivity contribution in [1.82, 2.24) is 9.88 Å². The van der Waals surface area contributed by atoms with Gasteiger partial charge in [0.15, 0.2) is 0 Å². The quantitative estimate of drug-likeness (QED) is 0.702. The van der Waals surface area contributed by atoms with E-state index in [9.17, 15) is 0 Å². The van der Waals surface area contributed by atoms with Gasteiger partial charge in [-0.15, -0.1) is 0 Å². The van der Waals surface area contributed by atoms with Crippen molar-refractivity contribution < 1.29 is 0 Å². The van der Waals surface area contributed by atoms with Crippen molar-refractivity contribution in [2.24, 2.45) is 0 Å². The predicted molar refractivity (Wildman–Crippen MR) is 91.0 cm³/mol. The average molecular weight is 288 g/mol. The minimum absolute atomic E-state index is 0.265. The Kier molecular flexibility index (Phi) is 3.39. The molecule has 22 heavy (non-hydrogen) atoms. The number of hydrogen-bond donors (Lipinski definition) is 0. The molecular formula is C20H20N2. The number of aromatic nitrogens is 1. The highest BCUT2D eigenvalue weighted by molar-refractivity contribution is 5.85. The highest BCUT2D eigenvalue weighted by Crippen LogP contribution is 2.36. The molecule has 1 aromatic heterocycles. The van der Waals surface area contributed by atoms with Crippen LogP contribution in [-0.4, -0.2) is 23.0 Å². The summed E-state index contributed by atoms with van der Waals surface area (Å²) in [5.74, 6) is 0. The molecule has 1 atom stereocenters. The Hall–Kier alpha value is -2.19. The summed E-state index contributed by atoms with van der Waals surface area (Å²) in [7, 11) is 0. The van der Waals surface area contributed by atoms with Gasteiger partial charge in [0.2, 0.25) is 0 Å². The van der Waals surface area contributed by atoms with Crippen LogP contribution in [0.5, 0.6) is 0 Å². The molecule has 0 N–H and O–H groups in total. The van der Waals surface area contributed by atoms with Crippen LogP contribution in [0.3, 0.4) is 0 Å². The van der Waals surface area contributed by atoms with Crippen molar-refractivity contribution in [3.05, 3.63) is 77.6 Å². The van der Waals surface area contributed by atoms with Crippen LogP contribution in [0.15, 0.2) is 60.8 Å². The van der Waals surface area contributed by atoms with Crippen LogP contribution in [0, 0.1) is 0 Å². The van der Waals surface area contributed by atoms with Crippen LogP contribution in [-0.2, 0) is 6.42 Å². The molecule has 0 aliphatic carbocycles. The topological polar surface area (TPSA) is 16.1 Å². The van der Waals surface area contributed by atoms with Gasteiger partial charge in [-0.3, -0.25) is 9.88 Å². The third-order valence-corrected chi connectivity index (χ3v) is 4.75. The van der Waals surface area contributed by atoms with Crippen molar-refractivity contribution in [3.63, 3.8) is 0 Å². The number of fused-ring (bicyclic) bond motifs is 2. The van der Waals surface area contributed by atoms with E-state index < -0.39 is 0 Å². The van der Waals surface area contributed by atoms with E-state index in [4.69, 9.17) is 4.98 Å². The number of rotatable bonds is 2. The molecule has 1 aliphatic rings. The zero-order valence-corrected chi connectivity index (χ0v) is 12.9. The summed E-state index contributed by atoms with van der Waals surface area (Å²) < 4.78 is 0. The lowest BCUT2D eigenvalue weighted by molar-refractivity contribution is 0.223. The lowest BCUT2D eigenvalue weighted by Crippen LogP contribution is -2.36. The molecule has 0 bridgehead atoms. The Morgan fingerprint density at radius 1 is 1.05 bits per heavy atom. The van der Waals surface area contributed by atoms with E-state index >= 15 is 0 Å². The van der Waals surface area contributed by atoms with E-state index in [1.165, 1.54) is 27.6 Å². The van der Waals surface area contributed by atoms with Crippen molar-refractivity contribution in [3.8, 4) is 0 Å². The summed E-state index contributed by atoms with van der Waals surface area (Å²) in [4.78, 5) is 7.32. The Bertz CT molecular complexity index is 804. The molecule has 4 rings (SSSR count). The molecule has 0 radical (unpaired) electrons. The maximum absolute atomic E-state index is 4.79. The van der Waals surface area contributed by atoms with Gasteiger partial charge in [-0.05, 0) is 35.5 Å². The Morgan fingerprint density at radius 3 is 2.77 bits per heavy atom. The maximum Gasteiger partial charge on any atom is 0.0785 e. The normalized spacial score (nSPS) is 18.3. The van der Waals surface area contributed by atoms with Crippen LogP contribution in [0.4, 0.5) is 0 Å². The third-order valence-electron chi connectivity index (χ3n) is 4.75. The molecule has 0 spiro atoms. The molecule has 110 valence electrons. The Balaban J connectivity index is 1.95. The van der Waals surface area contributed by atoms with E-state index in [0.29, 0.717) is 0 Å². The first-order valence-electron chi connectivity index (χ1n) is 8.04. The fourth-order valence-electron chi connectivity index (χ4n) is 3.64. The average Bonchev–Trinajstić information content (AvgIpc) is 2.60. The lowest BCUT2D eigenvalue weighted by atomic mass is 9.89. The smallest absolute Gasteiger partial charge is 0.0785 e. The summed E-state index contributed by atoms with van der Waals surface area (Å²) in [6.45, 7) is 4.39. The number of nitrogens with zero attached hydrogens (tertiary/aromatic N) is 2. The number of hydrogen-bond acceptors (Lipinski definition) is 2.